The number of aliphatic hydroxyl groups excluding tert-OH is 5. The number of aromatic amines is 1. The molecule has 12 heteroatoms. The number of aliphatic hydroxyl groups is 5. The highest BCUT2D eigenvalue weighted by atomic mass is 16.7. The zero-order valence-electron chi connectivity index (χ0n) is 13.4. The molecule has 0 saturated carbocycles. The summed E-state index contributed by atoms with van der Waals surface area (Å²) < 4.78 is 16.8. The van der Waals surface area contributed by atoms with E-state index in [2.05, 4.69) is 0 Å². The monoisotopic (exact) mass is 376 g/mol. The van der Waals surface area contributed by atoms with Gasteiger partial charge in [-0.3, -0.25) is 14.3 Å². The first-order valence-corrected chi connectivity index (χ1v) is 7.90. The molecule has 6 N–H and O–H groups in total. The lowest BCUT2D eigenvalue weighted by Gasteiger charge is -2.20. The van der Waals surface area contributed by atoms with Crippen LogP contribution in [0.2, 0.25) is 0 Å². The number of aromatic nitrogens is 2. The molecule has 0 bridgehead atoms. The van der Waals surface area contributed by atoms with Gasteiger partial charge in [-0.05, 0) is 0 Å². The van der Waals surface area contributed by atoms with E-state index >= 15 is 0 Å². The highest BCUT2D eigenvalue weighted by Gasteiger charge is 2.47. The zero-order chi connectivity index (χ0) is 19.0. The lowest BCUT2D eigenvalue weighted by atomic mass is 10.1. The Kier molecular flexibility index (Phi) is 5.55. The summed E-state index contributed by atoms with van der Waals surface area (Å²) in [5.41, 5.74) is -1.44. The van der Waals surface area contributed by atoms with Gasteiger partial charge in [0.15, 0.2) is 12.5 Å². The van der Waals surface area contributed by atoms with Gasteiger partial charge in [-0.1, -0.05) is 0 Å². The summed E-state index contributed by atoms with van der Waals surface area (Å²) in [6.45, 7) is -0.851. The lowest BCUT2D eigenvalue weighted by Crippen LogP contribution is -2.38. The van der Waals surface area contributed by atoms with Gasteiger partial charge < -0.3 is 39.7 Å². The molecule has 0 unspecified atom stereocenters. The second kappa shape index (κ2) is 7.54. The molecule has 12 nitrogen and oxygen atoms in total. The van der Waals surface area contributed by atoms with Gasteiger partial charge in [0.05, 0.1) is 13.2 Å². The summed E-state index contributed by atoms with van der Waals surface area (Å²) in [4.78, 5) is 24.9. The van der Waals surface area contributed by atoms with E-state index in [0.29, 0.717) is 0 Å². The van der Waals surface area contributed by atoms with Gasteiger partial charge >= 0.3 is 5.69 Å². The van der Waals surface area contributed by atoms with E-state index in [1.165, 1.54) is 0 Å². The molecule has 1 aromatic heterocycles. The van der Waals surface area contributed by atoms with Gasteiger partial charge in [0, 0.05) is 12.3 Å². The van der Waals surface area contributed by atoms with E-state index in [9.17, 15) is 30.0 Å². The second-order valence-corrected chi connectivity index (χ2v) is 6.10. The van der Waals surface area contributed by atoms with Gasteiger partial charge in [-0.15, -0.1) is 0 Å². The minimum Gasteiger partial charge on any atom is -0.394 e. The van der Waals surface area contributed by atoms with Gasteiger partial charge in [0.1, 0.15) is 36.6 Å². The normalized spacial score (nSPS) is 40.2. The van der Waals surface area contributed by atoms with Crippen molar-refractivity contribution in [3.63, 3.8) is 0 Å². The van der Waals surface area contributed by atoms with Crippen molar-refractivity contribution in [1.82, 2.24) is 9.55 Å². The average molecular weight is 376 g/mol. The number of nitrogens with one attached hydrogen (secondary N) is 1. The Morgan fingerprint density at radius 2 is 1.73 bits per heavy atom. The SMILES string of the molecule is O=c1ccn([C@@H]2O[C@H](CO[C@@H]3O[C@H](CO)[C@@H](O)[C@@H]3O)[C@@H](O)[C@H]2O)c(=O)[nH]1. The van der Waals surface area contributed by atoms with Crippen LogP contribution in [0, 0.1) is 0 Å². The number of H-pyrrole nitrogens is 1. The highest BCUT2D eigenvalue weighted by Crippen LogP contribution is 2.29. The first-order valence-electron chi connectivity index (χ1n) is 7.90. The molecule has 0 radical (unpaired) electrons. The molecule has 2 fully saturated rings. The lowest BCUT2D eigenvalue weighted by molar-refractivity contribution is -0.190. The number of rotatable bonds is 5. The predicted octanol–water partition coefficient (Wildman–Crippen LogP) is -4.39. The third kappa shape index (κ3) is 3.45. The maximum atomic E-state index is 11.8. The van der Waals surface area contributed by atoms with Crippen molar-refractivity contribution < 1.29 is 39.7 Å². The summed E-state index contributed by atoms with van der Waals surface area (Å²) in [7, 11) is 0. The maximum absolute atomic E-state index is 11.8. The smallest absolute Gasteiger partial charge is 0.330 e. The standard InChI is InChI=1S/C14H20N2O10/c17-3-5-8(19)11(22)13(26-5)24-4-6-9(20)10(21)12(25-6)16-2-1-7(18)15-14(16)23/h1-2,5-6,8-13,17,19-22H,3-4H2,(H,15,18,23)/t5-,6-,8-,9-,10-,11+,12-,13-/m1/s1. The highest BCUT2D eigenvalue weighted by molar-refractivity contribution is 4.93. The Morgan fingerprint density at radius 1 is 1.04 bits per heavy atom. The van der Waals surface area contributed by atoms with Crippen LogP contribution in [0.1, 0.15) is 6.23 Å². The molecule has 2 saturated heterocycles. The van der Waals surface area contributed by atoms with Crippen molar-refractivity contribution in [2.24, 2.45) is 0 Å². The molecular formula is C14H20N2O10. The molecule has 26 heavy (non-hydrogen) atoms. The van der Waals surface area contributed by atoms with Gasteiger partial charge in [0.2, 0.25) is 0 Å². The van der Waals surface area contributed by atoms with Crippen LogP contribution in [-0.2, 0) is 14.2 Å². The zero-order valence-corrected chi connectivity index (χ0v) is 13.4. The fraction of sp³-hybridized carbons (Fsp3) is 0.714. The summed E-state index contributed by atoms with van der Waals surface area (Å²) in [6, 6.07) is 1.06. The van der Waals surface area contributed by atoms with E-state index < -0.39 is 67.0 Å². The van der Waals surface area contributed by atoms with Crippen LogP contribution in [0.25, 0.3) is 0 Å². The fourth-order valence-electron chi connectivity index (χ4n) is 2.92. The molecule has 146 valence electrons. The Bertz CT molecular complexity index is 735. The number of hydrogen-bond acceptors (Lipinski definition) is 10. The molecule has 8 atom stereocenters. The fourth-order valence-corrected chi connectivity index (χ4v) is 2.92. The third-order valence-electron chi connectivity index (χ3n) is 4.39. The van der Waals surface area contributed by atoms with Crippen molar-refractivity contribution >= 4 is 0 Å². The van der Waals surface area contributed by atoms with Crippen LogP contribution in [0.3, 0.4) is 0 Å². The summed E-state index contributed by atoms with van der Waals surface area (Å²) in [5, 5.41) is 48.7. The largest absolute Gasteiger partial charge is 0.394 e. The Labute approximate surface area is 145 Å². The second-order valence-electron chi connectivity index (χ2n) is 6.10. The molecule has 3 rings (SSSR count). The van der Waals surface area contributed by atoms with Crippen molar-refractivity contribution in [3.8, 4) is 0 Å². The van der Waals surface area contributed by atoms with Crippen LogP contribution >= 0.6 is 0 Å². The van der Waals surface area contributed by atoms with E-state index in [4.69, 9.17) is 19.3 Å². The molecule has 0 amide bonds. The van der Waals surface area contributed by atoms with Crippen molar-refractivity contribution in [2.45, 2.75) is 49.1 Å². The molecule has 3 heterocycles. The van der Waals surface area contributed by atoms with Gasteiger partial charge in [-0.25, -0.2) is 4.79 Å². The molecule has 0 aromatic carbocycles. The number of hydrogen-bond donors (Lipinski definition) is 6. The molecule has 2 aliphatic heterocycles. The topological polar surface area (TPSA) is 184 Å². The summed E-state index contributed by atoms with van der Waals surface area (Å²) in [5.74, 6) is 0. The van der Waals surface area contributed by atoms with Crippen LogP contribution in [0.5, 0.6) is 0 Å². The molecular weight excluding hydrogens is 356 g/mol. The Morgan fingerprint density at radius 3 is 2.35 bits per heavy atom. The van der Waals surface area contributed by atoms with Crippen molar-refractivity contribution in [1.29, 1.82) is 0 Å². The van der Waals surface area contributed by atoms with E-state index in [-0.39, 0.29) is 6.61 Å². The molecule has 2 aliphatic rings. The molecule has 0 aliphatic carbocycles. The van der Waals surface area contributed by atoms with E-state index in [0.717, 1.165) is 16.8 Å². The Balaban J connectivity index is 1.65. The van der Waals surface area contributed by atoms with Gasteiger partial charge in [-0.2, -0.15) is 0 Å². The predicted molar refractivity (Wildman–Crippen MR) is 81.0 cm³/mol. The van der Waals surface area contributed by atoms with E-state index in [1.54, 1.807) is 0 Å². The Hall–Kier alpha value is -1.64. The quantitative estimate of drug-likeness (QED) is 0.293. The maximum Gasteiger partial charge on any atom is 0.330 e. The molecule has 1 aromatic rings. The van der Waals surface area contributed by atoms with Crippen LogP contribution in [0.4, 0.5) is 0 Å². The number of ether oxygens (including phenoxy) is 3. The third-order valence-corrected chi connectivity index (χ3v) is 4.39. The van der Waals surface area contributed by atoms with Crippen LogP contribution in [0.15, 0.2) is 21.9 Å². The minimum absolute atomic E-state index is 0.334. The van der Waals surface area contributed by atoms with Crippen LogP contribution < -0.4 is 11.2 Å². The van der Waals surface area contributed by atoms with Crippen molar-refractivity contribution in [2.75, 3.05) is 13.2 Å². The molecule has 0 spiro atoms. The first-order chi connectivity index (χ1) is 12.3. The number of nitrogens with zero attached hydrogens (tertiary/aromatic N) is 1. The first kappa shape index (κ1) is 19.1. The average Bonchev–Trinajstić information content (AvgIpc) is 3.04. The van der Waals surface area contributed by atoms with Crippen LogP contribution in [-0.4, -0.2) is 91.2 Å². The van der Waals surface area contributed by atoms with E-state index in [1.807, 2.05) is 4.98 Å². The van der Waals surface area contributed by atoms with Gasteiger partial charge in [0.25, 0.3) is 5.56 Å². The summed E-state index contributed by atoms with van der Waals surface area (Å²) in [6.07, 6.45) is -9.12. The summed E-state index contributed by atoms with van der Waals surface area (Å²) >= 11 is 0. The van der Waals surface area contributed by atoms with Crippen molar-refractivity contribution in [3.05, 3.63) is 33.1 Å². The minimum atomic E-state index is -1.47.